The highest BCUT2D eigenvalue weighted by Crippen LogP contribution is 2.45. The molecule has 154 valence electrons. The van der Waals surface area contributed by atoms with Crippen LogP contribution in [-0.4, -0.2) is 24.9 Å². The molecule has 0 aromatic heterocycles. The van der Waals surface area contributed by atoms with Crippen LogP contribution in [0.5, 0.6) is 5.75 Å². The number of fused-ring (bicyclic) bond motifs is 1. The lowest BCUT2D eigenvalue weighted by atomic mass is 9.84. The van der Waals surface area contributed by atoms with Gasteiger partial charge in [-0.05, 0) is 37.0 Å². The minimum Gasteiger partial charge on any atom is -0.475 e. The van der Waals surface area contributed by atoms with Gasteiger partial charge >= 0.3 is 12.1 Å². The van der Waals surface area contributed by atoms with E-state index < -0.39 is 23.8 Å². The van der Waals surface area contributed by atoms with Crippen molar-refractivity contribution >= 4 is 34.2 Å². The van der Waals surface area contributed by atoms with Crippen molar-refractivity contribution in [2.24, 2.45) is 5.92 Å². The molecule has 1 aromatic carbocycles. The van der Waals surface area contributed by atoms with Gasteiger partial charge in [-0.1, -0.05) is 55.3 Å². The Hall–Kier alpha value is -1.40. The van der Waals surface area contributed by atoms with Gasteiger partial charge in [-0.25, -0.2) is 4.79 Å². The Bertz CT molecular complexity index is 784. The topological polar surface area (TPSA) is 35.5 Å². The van der Waals surface area contributed by atoms with Crippen molar-refractivity contribution in [1.82, 2.24) is 0 Å². The normalized spacial score (nSPS) is 20.6. The fourth-order valence-corrected chi connectivity index (χ4v) is 4.37. The molecule has 28 heavy (non-hydrogen) atoms. The van der Waals surface area contributed by atoms with E-state index in [2.05, 4.69) is 0 Å². The zero-order valence-electron chi connectivity index (χ0n) is 15.4. The summed E-state index contributed by atoms with van der Waals surface area (Å²) in [5.74, 6) is -0.717. The number of benzene rings is 1. The highest BCUT2D eigenvalue weighted by molar-refractivity contribution is 6.51. The highest BCUT2D eigenvalue weighted by Gasteiger charge is 2.50. The minimum absolute atomic E-state index is 0.0180. The van der Waals surface area contributed by atoms with E-state index in [4.69, 9.17) is 32.7 Å². The third-order valence-corrected chi connectivity index (χ3v) is 5.91. The van der Waals surface area contributed by atoms with Crippen LogP contribution in [0.25, 0.3) is 5.03 Å². The second-order valence-corrected chi connectivity index (χ2v) is 7.92. The van der Waals surface area contributed by atoms with Crippen molar-refractivity contribution < 1.29 is 27.4 Å². The van der Waals surface area contributed by atoms with Crippen LogP contribution in [0.3, 0.4) is 0 Å². The lowest BCUT2D eigenvalue weighted by Crippen LogP contribution is -2.41. The quantitative estimate of drug-likeness (QED) is 0.519. The molecule has 1 atom stereocenters. The molecule has 0 N–H and O–H groups in total. The Morgan fingerprint density at radius 2 is 1.89 bits per heavy atom. The molecule has 1 unspecified atom stereocenters. The van der Waals surface area contributed by atoms with Gasteiger partial charge in [0.2, 0.25) is 6.10 Å². The van der Waals surface area contributed by atoms with Crippen LogP contribution in [0.2, 0.25) is 5.02 Å². The Labute approximate surface area is 171 Å². The highest BCUT2D eigenvalue weighted by atomic mass is 35.5. The molecule has 0 radical (unpaired) electrons. The average Bonchev–Trinajstić information content (AvgIpc) is 2.63. The summed E-state index contributed by atoms with van der Waals surface area (Å²) in [6, 6.07) is 3.00. The first-order valence-electron chi connectivity index (χ1n) is 9.35. The predicted molar refractivity (Wildman–Crippen MR) is 102 cm³/mol. The molecule has 2 aliphatic rings. The molecule has 0 amide bonds. The second kappa shape index (κ2) is 8.54. The standard InChI is InChI=1S/C20H21Cl2F3O3/c1-2-27-19(26)16-17(22)13-10-14(21)12(8-11-6-4-3-5-7-11)9-15(13)28-18(16)20(23,24)25/h9-11,18H,2-8H2,1H3. The lowest BCUT2D eigenvalue weighted by molar-refractivity contribution is -0.188. The fraction of sp³-hybridized carbons (Fsp3) is 0.550. The summed E-state index contributed by atoms with van der Waals surface area (Å²) in [6.07, 6.45) is -0.951. The molecule has 1 heterocycles. The smallest absolute Gasteiger partial charge is 0.430 e. The van der Waals surface area contributed by atoms with Crippen LogP contribution in [-0.2, 0) is 16.0 Å². The molecule has 8 heteroatoms. The fourth-order valence-electron chi connectivity index (χ4n) is 3.81. The molecule has 1 aliphatic carbocycles. The Morgan fingerprint density at radius 3 is 2.50 bits per heavy atom. The van der Waals surface area contributed by atoms with Crippen LogP contribution in [0.1, 0.15) is 50.2 Å². The summed E-state index contributed by atoms with van der Waals surface area (Å²) in [4.78, 5) is 12.1. The molecule has 1 fully saturated rings. The maximum atomic E-state index is 13.6. The van der Waals surface area contributed by atoms with Gasteiger partial charge < -0.3 is 9.47 Å². The molecule has 0 saturated heterocycles. The van der Waals surface area contributed by atoms with E-state index >= 15 is 0 Å². The van der Waals surface area contributed by atoms with Crippen LogP contribution in [0.4, 0.5) is 13.2 Å². The summed E-state index contributed by atoms with van der Waals surface area (Å²) in [7, 11) is 0. The number of ether oxygens (including phenoxy) is 2. The van der Waals surface area contributed by atoms with Gasteiger partial charge in [-0.15, -0.1) is 0 Å². The molecular formula is C20H21Cl2F3O3. The molecule has 3 rings (SSSR count). The van der Waals surface area contributed by atoms with Crippen molar-refractivity contribution in [1.29, 1.82) is 0 Å². The van der Waals surface area contributed by atoms with Crippen LogP contribution >= 0.6 is 23.2 Å². The molecule has 1 saturated carbocycles. The molecule has 3 nitrogen and oxygen atoms in total. The monoisotopic (exact) mass is 436 g/mol. The first-order chi connectivity index (χ1) is 13.2. The summed E-state index contributed by atoms with van der Waals surface area (Å²) >= 11 is 12.6. The summed E-state index contributed by atoms with van der Waals surface area (Å²) in [5, 5.41) is 0.0629. The van der Waals surface area contributed by atoms with Crippen molar-refractivity contribution in [2.45, 2.75) is 57.7 Å². The van der Waals surface area contributed by atoms with E-state index in [1.165, 1.54) is 25.5 Å². The Morgan fingerprint density at radius 1 is 1.21 bits per heavy atom. The second-order valence-electron chi connectivity index (χ2n) is 7.14. The number of carbonyl (C=O) groups excluding carboxylic acids is 1. The zero-order chi connectivity index (χ0) is 20.5. The Kier molecular flexibility index (Phi) is 6.50. The lowest BCUT2D eigenvalue weighted by Gasteiger charge is -2.30. The van der Waals surface area contributed by atoms with E-state index in [0.717, 1.165) is 31.2 Å². The van der Waals surface area contributed by atoms with Crippen molar-refractivity contribution in [3.05, 3.63) is 33.9 Å². The number of rotatable bonds is 4. The van der Waals surface area contributed by atoms with Gasteiger partial charge in [-0.3, -0.25) is 0 Å². The van der Waals surface area contributed by atoms with E-state index in [9.17, 15) is 18.0 Å². The molecular weight excluding hydrogens is 416 g/mol. The van der Waals surface area contributed by atoms with Gasteiger partial charge in [-0.2, -0.15) is 13.2 Å². The number of carbonyl (C=O) groups is 1. The van der Waals surface area contributed by atoms with Crippen LogP contribution in [0, 0.1) is 5.92 Å². The first kappa shape index (κ1) is 21.3. The summed E-state index contributed by atoms with van der Waals surface area (Å²) < 4.78 is 50.6. The first-order valence-corrected chi connectivity index (χ1v) is 10.1. The van der Waals surface area contributed by atoms with Crippen molar-refractivity contribution in [3.63, 3.8) is 0 Å². The third-order valence-electron chi connectivity index (χ3n) is 5.15. The number of alkyl halides is 3. The van der Waals surface area contributed by atoms with Gasteiger partial charge in [0, 0.05) is 10.6 Å². The van der Waals surface area contributed by atoms with Gasteiger partial charge in [0.1, 0.15) is 11.3 Å². The summed E-state index contributed by atoms with van der Waals surface area (Å²) in [5.41, 5.74) is 0.152. The average molecular weight is 437 g/mol. The molecule has 0 spiro atoms. The molecule has 1 aliphatic heterocycles. The van der Waals surface area contributed by atoms with Gasteiger partial charge in [0.25, 0.3) is 0 Å². The van der Waals surface area contributed by atoms with E-state index in [1.807, 2.05) is 0 Å². The minimum atomic E-state index is -4.82. The number of halogens is 5. The number of esters is 1. The predicted octanol–water partition coefficient (Wildman–Crippen LogP) is 6.30. The van der Waals surface area contributed by atoms with E-state index in [-0.39, 0.29) is 23.0 Å². The van der Waals surface area contributed by atoms with Gasteiger partial charge in [0.05, 0.1) is 11.6 Å². The van der Waals surface area contributed by atoms with Crippen molar-refractivity contribution in [3.8, 4) is 5.75 Å². The van der Waals surface area contributed by atoms with Gasteiger partial charge in [0.15, 0.2) is 0 Å². The molecule has 0 bridgehead atoms. The van der Waals surface area contributed by atoms with E-state index in [0.29, 0.717) is 17.4 Å². The van der Waals surface area contributed by atoms with Crippen LogP contribution < -0.4 is 4.74 Å². The van der Waals surface area contributed by atoms with Crippen LogP contribution in [0.15, 0.2) is 17.7 Å². The maximum Gasteiger partial charge on any atom is 0.430 e. The number of hydrogen-bond acceptors (Lipinski definition) is 3. The number of hydrogen-bond donors (Lipinski definition) is 0. The van der Waals surface area contributed by atoms with Crippen molar-refractivity contribution in [2.75, 3.05) is 6.61 Å². The summed E-state index contributed by atoms with van der Waals surface area (Å²) in [6.45, 7) is 1.42. The Balaban J connectivity index is 2.00. The molecule has 1 aromatic rings. The maximum absolute atomic E-state index is 13.6. The third kappa shape index (κ3) is 4.43. The van der Waals surface area contributed by atoms with E-state index in [1.54, 1.807) is 0 Å². The SMILES string of the molecule is CCOC(=O)C1=C(Cl)c2cc(Cl)c(CC3CCCCC3)cc2OC1C(F)(F)F. The largest absolute Gasteiger partial charge is 0.475 e. The zero-order valence-corrected chi connectivity index (χ0v) is 16.9.